The molecule has 0 aliphatic carbocycles. The lowest BCUT2D eigenvalue weighted by Crippen LogP contribution is -2.24. The number of aryl methyl sites for hydroxylation is 3. The molecule has 3 aromatic carbocycles. The standard InChI is InChI=1S/C25H23FN4O/c1-18-8-5-6-13-22(18)30-23(15-14-19-9-3-2-4-10-19)28-24(29-30)25(31)27-17-20-11-7-12-21(26)16-20/h2-13,16H,14-15,17H2,1H3,(H,27,31). The zero-order valence-corrected chi connectivity index (χ0v) is 17.3. The third-order valence-electron chi connectivity index (χ3n) is 5.04. The molecule has 0 atom stereocenters. The van der Waals surface area contributed by atoms with Crippen molar-refractivity contribution in [2.45, 2.75) is 26.3 Å². The SMILES string of the molecule is Cc1ccccc1-n1nc(C(=O)NCc2cccc(F)c2)nc1CCc1ccccc1. The first-order valence-corrected chi connectivity index (χ1v) is 10.2. The van der Waals surface area contributed by atoms with Gasteiger partial charge in [0.25, 0.3) is 5.91 Å². The van der Waals surface area contributed by atoms with Crippen molar-refractivity contribution in [3.05, 3.63) is 113 Å². The largest absolute Gasteiger partial charge is 0.345 e. The second kappa shape index (κ2) is 9.34. The van der Waals surface area contributed by atoms with E-state index in [0.29, 0.717) is 17.8 Å². The maximum absolute atomic E-state index is 13.4. The third kappa shape index (κ3) is 5.04. The fraction of sp³-hybridized carbons (Fsp3) is 0.160. The van der Waals surface area contributed by atoms with Crippen molar-refractivity contribution in [1.82, 2.24) is 20.1 Å². The van der Waals surface area contributed by atoms with Gasteiger partial charge in [0.1, 0.15) is 11.6 Å². The quantitative estimate of drug-likeness (QED) is 0.487. The zero-order valence-electron chi connectivity index (χ0n) is 17.3. The number of halogens is 1. The average Bonchev–Trinajstić information content (AvgIpc) is 3.21. The van der Waals surface area contributed by atoms with Crippen LogP contribution in [-0.4, -0.2) is 20.7 Å². The molecule has 0 saturated carbocycles. The fourth-order valence-corrected chi connectivity index (χ4v) is 3.41. The highest BCUT2D eigenvalue weighted by Gasteiger charge is 2.18. The summed E-state index contributed by atoms with van der Waals surface area (Å²) in [6.45, 7) is 2.20. The number of aromatic nitrogens is 3. The van der Waals surface area contributed by atoms with E-state index in [2.05, 4.69) is 27.5 Å². The van der Waals surface area contributed by atoms with E-state index in [4.69, 9.17) is 0 Å². The van der Waals surface area contributed by atoms with Crippen LogP contribution in [0.4, 0.5) is 4.39 Å². The number of carbonyl (C=O) groups is 1. The van der Waals surface area contributed by atoms with Gasteiger partial charge in [-0.25, -0.2) is 14.1 Å². The third-order valence-corrected chi connectivity index (χ3v) is 5.04. The van der Waals surface area contributed by atoms with Gasteiger partial charge < -0.3 is 5.32 Å². The van der Waals surface area contributed by atoms with E-state index >= 15 is 0 Å². The van der Waals surface area contributed by atoms with E-state index in [-0.39, 0.29) is 18.2 Å². The summed E-state index contributed by atoms with van der Waals surface area (Å²) in [5, 5.41) is 7.28. The van der Waals surface area contributed by atoms with E-state index in [0.717, 1.165) is 17.7 Å². The summed E-state index contributed by atoms with van der Waals surface area (Å²) in [4.78, 5) is 17.3. The van der Waals surface area contributed by atoms with E-state index in [1.165, 1.54) is 17.7 Å². The van der Waals surface area contributed by atoms with Gasteiger partial charge in [0.2, 0.25) is 5.82 Å². The van der Waals surface area contributed by atoms with Crippen LogP contribution in [0, 0.1) is 12.7 Å². The Morgan fingerprint density at radius 3 is 2.45 bits per heavy atom. The van der Waals surface area contributed by atoms with E-state index < -0.39 is 5.91 Å². The van der Waals surface area contributed by atoms with Crippen LogP contribution < -0.4 is 5.32 Å². The van der Waals surface area contributed by atoms with Gasteiger partial charge in [-0.1, -0.05) is 60.7 Å². The van der Waals surface area contributed by atoms with Crippen LogP contribution in [0.1, 0.15) is 33.1 Å². The Bertz CT molecular complexity index is 1190. The molecule has 0 aliphatic rings. The molecule has 0 bridgehead atoms. The van der Waals surface area contributed by atoms with Gasteiger partial charge >= 0.3 is 0 Å². The van der Waals surface area contributed by atoms with Crippen molar-refractivity contribution in [3.63, 3.8) is 0 Å². The first-order valence-electron chi connectivity index (χ1n) is 10.2. The summed E-state index contributed by atoms with van der Waals surface area (Å²) in [6, 6.07) is 24.1. The molecule has 5 nitrogen and oxygen atoms in total. The minimum Gasteiger partial charge on any atom is -0.345 e. The maximum atomic E-state index is 13.4. The highest BCUT2D eigenvalue weighted by molar-refractivity contribution is 5.90. The lowest BCUT2D eigenvalue weighted by molar-refractivity contribution is 0.0940. The zero-order chi connectivity index (χ0) is 21.6. The molecule has 0 fully saturated rings. The van der Waals surface area contributed by atoms with Gasteiger partial charge in [0, 0.05) is 13.0 Å². The Morgan fingerprint density at radius 1 is 0.935 bits per heavy atom. The van der Waals surface area contributed by atoms with Crippen LogP contribution >= 0.6 is 0 Å². The molecule has 1 heterocycles. The predicted octanol–water partition coefficient (Wildman–Crippen LogP) is 4.43. The molecule has 4 aromatic rings. The molecule has 0 saturated heterocycles. The van der Waals surface area contributed by atoms with Crippen LogP contribution in [0.15, 0.2) is 78.9 Å². The number of para-hydroxylation sites is 1. The van der Waals surface area contributed by atoms with E-state index in [1.54, 1.807) is 16.8 Å². The first-order chi connectivity index (χ1) is 15.1. The molecule has 156 valence electrons. The molecule has 0 unspecified atom stereocenters. The topological polar surface area (TPSA) is 59.8 Å². The smallest absolute Gasteiger partial charge is 0.291 e. The van der Waals surface area contributed by atoms with Crippen LogP contribution in [0.25, 0.3) is 5.69 Å². The van der Waals surface area contributed by atoms with Gasteiger partial charge in [-0.05, 0) is 48.2 Å². The summed E-state index contributed by atoms with van der Waals surface area (Å²) in [5.74, 6) is 0.0891. The van der Waals surface area contributed by atoms with Gasteiger partial charge in [-0.3, -0.25) is 4.79 Å². The molecule has 4 rings (SSSR count). The molecule has 0 radical (unpaired) electrons. The summed E-state index contributed by atoms with van der Waals surface area (Å²) in [6.07, 6.45) is 1.43. The van der Waals surface area contributed by atoms with Crippen LogP contribution in [0.5, 0.6) is 0 Å². The second-order valence-corrected chi connectivity index (χ2v) is 7.35. The van der Waals surface area contributed by atoms with Crippen LogP contribution in [0.2, 0.25) is 0 Å². The number of nitrogens with one attached hydrogen (secondary N) is 1. The summed E-state index contributed by atoms with van der Waals surface area (Å²) < 4.78 is 15.1. The molecule has 1 aromatic heterocycles. The summed E-state index contributed by atoms with van der Waals surface area (Å²) >= 11 is 0. The highest BCUT2D eigenvalue weighted by Crippen LogP contribution is 2.16. The van der Waals surface area contributed by atoms with Crippen molar-refractivity contribution in [1.29, 1.82) is 0 Å². The normalized spacial score (nSPS) is 10.8. The molecule has 31 heavy (non-hydrogen) atoms. The lowest BCUT2D eigenvalue weighted by atomic mass is 10.1. The average molecular weight is 414 g/mol. The fourth-order valence-electron chi connectivity index (χ4n) is 3.41. The highest BCUT2D eigenvalue weighted by atomic mass is 19.1. The van der Waals surface area contributed by atoms with E-state index in [1.807, 2.05) is 49.4 Å². The molecule has 6 heteroatoms. The molecule has 1 N–H and O–H groups in total. The van der Waals surface area contributed by atoms with Crippen molar-refractivity contribution < 1.29 is 9.18 Å². The number of rotatable bonds is 7. The monoisotopic (exact) mass is 414 g/mol. The van der Waals surface area contributed by atoms with Gasteiger partial charge in [0.15, 0.2) is 0 Å². The number of amides is 1. The first kappa shape index (κ1) is 20.5. The van der Waals surface area contributed by atoms with E-state index in [9.17, 15) is 9.18 Å². The van der Waals surface area contributed by atoms with Crippen LogP contribution in [-0.2, 0) is 19.4 Å². The van der Waals surface area contributed by atoms with Crippen molar-refractivity contribution in [2.24, 2.45) is 0 Å². The molecular weight excluding hydrogens is 391 g/mol. The Hall–Kier alpha value is -3.80. The number of hydrogen-bond acceptors (Lipinski definition) is 3. The number of benzene rings is 3. The van der Waals surface area contributed by atoms with Gasteiger partial charge in [0.05, 0.1) is 5.69 Å². The number of carbonyl (C=O) groups excluding carboxylic acids is 1. The number of nitrogens with zero attached hydrogens (tertiary/aromatic N) is 3. The Balaban J connectivity index is 1.57. The molecule has 0 spiro atoms. The molecule has 1 amide bonds. The predicted molar refractivity (Wildman–Crippen MR) is 118 cm³/mol. The Kier molecular flexibility index (Phi) is 6.17. The Labute approximate surface area is 180 Å². The van der Waals surface area contributed by atoms with Crippen molar-refractivity contribution >= 4 is 5.91 Å². The molecule has 0 aliphatic heterocycles. The van der Waals surface area contributed by atoms with Crippen molar-refractivity contribution in [2.75, 3.05) is 0 Å². The van der Waals surface area contributed by atoms with Crippen LogP contribution in [0.3, 0.4) is 0 Å². The van der Waals surface area contributed by atoms with Crippen molar-refractivity contribution in [3.8, 4) is 5.69 Å². The number of hydrogen-bond donors (Lipinski definition) is 1. The van der Waals surface area contributed by atoms with Gasteiger partial charge in [-0.15, -0.1) is 5.10 Å². The minimum absolute atomic E-state index is 0.0997. The minimum atomic E-state index is -0.391. The van der Waals surface area contributed by atoms with Gasteiger partial charge in [-0.2, -0.15) is 0 Å². The summed E-state index contributed by atoms with van der Waals surface area (Å²) in [7, 11) is 0. The maximum Gasteiger partial charge on any atom is 0.291 e. The lowest BCUT2D eigenvalue weighted by Gasteiger charge is -2.08. The second-order valence-electron chi connectivity index (χ2n) is 7.35. The molecular formula is C25H23FN4O. The Morgan fingerprint density at radius 2 is 1.68 bits per heavy atom. The summed E-state index contributed by atoms with van der Waals surface area (Å²) in [5.41, 5.74) is 3.80.